The fourth-order valence-corrected chi connectivity index (χ4v) is 3.36. The summed E-state index contributed by atoms with van der Waals surface area (Å²) in [6.07, 6.45) is 0.137. The molecular formula is C22H24N2O3S. The van der Waals surface area contributed by atoms with Gasteiger partial charge in [-0.2, -0.15) is 0 Å². The average molecular weight is 397 g/mol. The molecule has 0 saturated carbocycles. The van der Waals surface area contributed by atoms with Crippen LogP contribution in [0.2, 0.25) is 0 Å². The molecule has 2 aromatic carbocycles. The van der Waals surface area contributed by atoms with E-state index in [9.17, 15) is 4.79 Å². The predicted octanol–water partition coefficient (Wildman–Crippen LogP) is 5.23. The Hall–Kier alpha value is -2.86. The molecule has 0 aliphatic carbocycles. The molecule has 146 valence electrons. The highest BCUT2D eigenvalue weighted by Gasteiger charge is 2.10. The minimum Gasteiger partial charge on any atom is -0.491 e. The number of aromatic nitrogens is 1. The van der Waals surface area contributed by atoms with Gasteiger partial charge in [-0.25, -0.2) is 4.98 Å². The van der Waals surface area contributed by atoms with Crippen molar-refractivity contribution in [3.05, 3.63) is 59.0 Å². The van der Waals surface area contributed by atoms with Crippen LogP contribution >= 0.6 is 11.3 Å². The van der Waals surface area contributed by atoms with Crippen molar-refractivity contribution in [1.29, 1.82) is 0 Å². The SMILES string of the molecule is Cc1cccc(OCC(=O)Nc2nc(-c3ccc(OC(C)C)cc3)cs2)c1C. The van der Waals surface area contributed by atoms with Gasteiger partial charge in [0.2, 0.25) is 0 Å². The Balaban J connectivity index is 1.58. The quantitative estimate of drug-likeness (QED) is 0.594. The number of thiazole rings is 1. The van der Waals surface area contributed by atoms with Gasteiger partial charge in [-0.3, -0.25) is 10.1 Å². The van der Waals surface area contributed by atoms with Gasteiger partial charge < -0.3 is 9.47 Å². The minimum absolute atomic E-state index is 0.0551. The van der Waals surface area contributed by atoms with Crippen LogP contribution in [0, 0.1) is 13.8 Å². The second kappa shape index (κ2) is 8.89. The lowest BCUT2D eigenvalue weighted by Gasteiger charge is -2.10. The van der Waals surface area contributed by atoms with Gasteiger partial charge >= 0.3 is 0 Å². The van der Waals surface area contributed by atoms with Gasteiger partial charge in [0.25, 0.3) is 5.91 Å². The maximum atomic E-state index is 12.2. The van der Waals surface area contributed by atoms with Gasteiger partial charge in [0, 0.05) is 10.9 Å². The zero-order chi connectivity index (χ0) is 20.1. The van der Waals surface area contributed by atoms with E-state index in [0.717, 1.165) is 33.9 Å². The number of hydrogen-bond acceptors (Lipinski definition) is 5. The molecule has 1 aromatic heterocycles. The number of hydrogen-bond donors (Lipinski definition) is 1. The smallest absolute Gasteiger partial charge is 0.264 e. The lowest BCUT2D eigenvalue weighted by atomic mass is 10.1. The summed E-state index contributed by atoms with van der Waals surface area (Å²) in [7, 11) is 0. The molecule has 0 radical (unpaired) electrons. The van der Waals surface area contributed by atoms with E-state index in [4.69, 9.17) is 9.47 Å². The van der Waals surface area contributed by atoms with Crippen molar-refractivity contribution in [2.24, 2.45) is 0 Å². The molecule has 0 aliphatic rings. The first-order chi connectivity index (χ1) is 13.4. The number of carbonyl (C=O) groups is 1. The molecule has 0 spiro atoms. The first-order valence-electron chi connectivity index (χ1n) is 9.14. The number of amides is 1. The molecule has 1 amide bonds. The summed E-state index contributed by atoms with van der Waals surface area (Å²) in [5.41, 5.74) is 3.95. The molecule has 5 nitrogen and oxygen atoms in total. The Labute approximate surface area is 169 Å². The molecule has 0 atom stereocenters. The van der Waals surface area contributed by atoms with Gasteiger partial charge in [0.1, 0.15) is 11.5 Å². The van der Waals surface area contributed by atoms with Crippen LogP contribution in [0.4, 0.5) is 5.13 Å². The Morgan fingerprint density at radius 1 is 1.14 bits per heavy atom. The minimum atomic E-state index is -0.234. The largest absolute Gasteiger partial charge is 0.491 e. The fraction of sp³-hybridized carbons (Fsp3) is 0.273. The van der Waals surface area contributed by atoms with Crippen LogP contribution in [0.1, 0.15) is 25.0 Å². The topological polar surface area (TPSA) is 60.5 Å². The normalized spacial score (nSPS) is 10.8. The van der Waals surface area contributed by atoms with Crippen LogP contribution in [-0.4, -0.2) is 23.6 Å². The van der Waals surface area contributed by atoms with Crippen molar-refractivity contribution < 1.29 is 14.3 Å². The van der Waals surface area contributed by atoms with Crippen molar-refractivity contribution in [2.75, 3.05) is 11.9 Å². The van der Waals surface area contributed by atoms with Crippen molar-refractivity contribution in [3.63, 3.8) is 0 Å². The third kappa shape index (κ3) is 5.10. The molecule has 28 heavy (non-hydrogen) atoms. The van der Waals surface area contributed by atoms with E-state index in [1.54, 1.807) is 0 Å². The fourth-order valence-electron chi connectivity index (χ4n) is 2.62. The molecule has 0 aliphatic heterocycles. The summed E-state index contributed by atoms with van der Waals surface area (Å²) in [6, 6.07) is 13.6. The Morgan fingerprint density at radius 3 is 2.61 bits per heavy atom. The molecule has 0 fully saturated rings. The van der Waals surface area contributed by atoms with E-state index in [1.165, 1.54) is 11.3 Å². The van der Waals surface area contributed by atoms with Gasteiger partial charge in [-0.1, -0.05) is 12.1 Å². The molecule has 1 heterocycles. The zero-order valence-electron chi connectivity index (χ0n) is 16.5. The number of carbonyl (C=O) groups excluding carboxylic acids is 1. The molecule has 0 saturated heterocycles. The summed E-state index contributed by atoms with van der Waals surface area (Å²) < 4.78 is 11.3. The van der Waals surface area contributed by atoms with Crippen LogP contribution in [-0.2, 0) is 4.79 Å². The molecule has 0 bridgehead atoms. The highest BCUT2D eigenvalue weighted by Crippen LogP contribution is 2.27. The number of ether oxygens (including phenoxy) is 2. The molecule has 6 heteroatoms. The lowest BCUT2D eigenvalue weighted by Crippen LogP contribution is -2.20. The Bertz CT molecular complexity index is 949. The first kappa shape index (κ1) is 19.9. The molecule has 3 rings (SSSR count). The van der Waals surface area contributed by atoms with Crippen LogP contribution in [0.5, 0.6) is 11.5 Å². The second-order valence-electron chi connectivity index (χ2n) is 6.76. The molecule has 1 N–H and O–H groups in total. The van der Waals surface area contributed by atoms with Crippen molar-refractivity contribution in [3.8, 4) is 22.8 Å². The monoisotopic (exact) mass is 396 g/mol. The summed E-state index contributed by atoms with van der Waals surface area (Å²) in [5, 5.41) is 5.26. The summed E-state index contributed by atoms with van der Waals surface area (Å²) in [6.45, 7) is 7.93. The Kier molecular flexibility index (Phi) is 6.31. The second-order valence-corrected chi connectivity index (χ2v) is 7.62. The van der Waals surface area contributed by atoms with Crippen LogP contribution in [0.25, 0.3) is 11.3 Å². The van der Waals surface area contributed by atoms with E-state index in [2.05, 4.69) is 10.3 Å². The van der Waals surface area contributed by atoms with Gasteiger partial charge in [0.15, 0.2) is 11.7 Å². The van der Waals surface area contributed by atoms with Gasteiger partial charge in [-0.15, -0.1) is 11.3 Å². The van der Waals surface area contributed by atoms with E-state index in [1.807, 2.05) is 75.5 Å². The van der Waals surface area contributed by atoms with Crippen molar-refractivity contribution in [1.82, 2.24) is 4.98 Å². The number of aryl methyl sites for hydroxylation is 1. The maximum absolute atomic E-state index is 12.2. The molecule has 0 unspecified atom stereocenters. The molecular weight excluding hydrogens is 372 g/mol. The Morgan fingerprint density at radius 2 is 1.89 bits per heavy atom. The first-order valence-corrected chi connectivity index (χ1v) is 10.0. The van der Waals surface area contributed by atoms with Crippen LogP contribution in [0.3, 0.4) is 0 Å². The predicted molar refractivity (Wildman–Crippen MR) is 113 cm³/mol. The highest BCUT2D eigenvalue weighted by atomic mass is 32.1. The van der Waals surface area contributed by atoms with Crippen molar-refractivity contribution in [2.45, 2.75) is 33.8 Å². The van der Waals surface area contributed by atoms with E-state index in [0.29, 0.717) is 5.13 Å². The van der Waals surface area contributed by atoms with E-state index < -0.39 is 0 Å². The number of rotatable bonds is 7. The summed E-state index contributed by atoms with van der Waals surface area (Å²) in [4.78, 5) is 16.7. The van der Waals surface area contributed by atoms with Gasteiger partial charge in [0.05, 0.1) is 11.8 Å². The van der Waals surface area contributed by atoms with Crippen LogP contribution < -0.4 is 14.8 Å². The number of nitrogens with one attached hydrogen (secondary N) is 1. The number of nitrogens with zero attached hydrogens (tertiary/aromatic N) is 1. The number of benzene rings is 2. The highest BCUT2D eigenvalue weighted by molar-refractivity contribution is 7.14. The van der Waals surface area contributed by atoms with E-state index in [-0.39, 0.29) is 18.6 Å². The summed E-state index contributed by atoms with van der Waals surface area (Å²) >= 11 is 1.38. The average Bonchev–Trinajstić information content (AvgIpc) is 3.11. The third-order valence-electron chi connectivity index (χ3n) is 4.19. The van der Waals surface area contributed by atoms with Gasteiger partial charge in [-0.05, 0) is 69.2 Å². The standard InChI is InChI=1S/C22H24N2O3S/c1-14(2)27-18-10-8-17(9-11-18)19-13-28-22(23-19)24-21(25)12-26-20-7-5-6-15(3)16(20)4/h5-11,13-14H,12H2,1-4H3,(H,23,24,25). The maximum Gasteiger partial charge on any atom is 0.264 e. The number of anilines is 1. The lowest BCUT2D eigenvalue weighted by molar-refractivity contribution is -0.118. The van der Waals surface area contributed by atoms with Crippen molar-refractivity contribution >= 4 is 22.4 Å². The zero-order valence-corrected chi connectivity index (χ0v) is 17.3. The van der Waals surface area contributed by atoms with E-state index >= 15 is 0 Å². The third-order valence-corrected chi connectivity index (χ3v) is 4.94. The summed E-state index contributed by atoms with van der Waals surface area (Å²) in [5.74, 6) is 1.31. The molecule has 3 aromatic rings. The van der Waals surface area contributed by atoms with Crippen LogP contribution in [0.15, 0.2) is 47.8 Å².